The second-order valence-electron chi connectivity index (χ2n) is 7.13. The minimum atomic E-state index is -3.84. The van der Waals surface area contributed by atoms with Gasteiger partial charge >= 0.3 is 0 Å². The lowest BCUT2D eigenvalue weighted by atomic mass is 10.1. The normalized spacial score (nSPS) is 11.0. The summed E-state index contributed by atoms with van der Waals surface area (Å²) in [4.78, 5) is 23.6. The van der Waals surface area contributed by atoms with E-state index in [0.29, 0.717) is 11.4 Å². The Morgan fingerprint density at radius 3 is 2.23 bits per heavy atom. The van der Waals surface area contributed by atoms with Crippen LogP contribution in [0, 0.1) is 6.92 Å². The van der Waals surface area contributed by atoms with Gasteiger partial charge in [0.05, 0.1) is 17.0 Å². The van der Waals surface area contributed by atoms with Crippen molar-refractivity contribution in [2.75, 3.05) is 16.7 Å². The summed E-state index contributed by atoms with van der Waals surface area (Å²) in [5.74, 6) is -0.886. The number of aryl methyl sites for hydroxylation is 1. The van der Waals surface area contributed by atoms with Crippen LogP contribution < -0.4 is 15.4 Å². The molecule has 0 heterocycles. The van der Waals surface area contributed by atoms with E-state index in [1.807, 2.05) is 19.1 Å². The predicted octanol–water partition coefficient (Wildman–Crippen LogP) is 3.10. The largest absolute Gasteiger partial charge is 0.369 e. The Kier molecular flexibility index (Phi) is 6.41. The average molecular weight is 438 g/mol. The quantitative estimate of drug-likeness (QED) is 0.592. The molecule has 0 bridgehead atoms. The number of carbonyl (C=O) groups excluding carboxylic acids is 2. The minimum Gasteiger partial charge on any atom is -0.369 e. The zero-order chi connectivity index (χ0) is 22.6. The van der Waals surface area contributed by atoms with Crippen molar-refractivity contribution in [2.24, 2.45) is 5.73 Å². The number of nitrogens with two attached hydrogens (primary N) is 1. The van der Waals surface area contributed by atoms with Crippen molar-refractivity contribution in [3.8, 4) is 0 Å². The van der Waals surface area contributed by atoms with E-state index in [9.17, 15) is 18.0 Å². The van der Waals surface area contributed by atoms with Gasteiger partial charge in [-0.05, 0) is 55.0 Å². The van der Waals surface area contributed by atoms with Crippen LogP contribution in [-0.4, -0.2) is 27.3 Å². The monoisotopic (exact) mass is 437 g/mol. The topological polar surface area (TPSA) is 110 Å². The van der Waals surface area contributed by atoms with E-state index in [1.165, 1.54) is 29.6 Å². The second kappa shape index (κ2) is 9.01. The van der Waals surface area contributed by atoms with E-state index in [-0.39, 0.29) is 16.9 Å². The molecule has 0 aliphatic rings. The number of sulfonamides is 1. The number of primary amides is 1. The Morgan fingerprint density at radius 1 is 0.968 bits per heavy atom. The van der Waals surface area contributed by atoms with Gasteiger partial charge in [-0.2, -0.15) is 0 Å². The molecule has 0 aromatic heterocycles. The highest BCUT2D eigenvalue weighted by Gasteiger charge is 2.22. The summed E-state index contributed by atoms with van der Waals surface area (Å²) in [7, 11) is -2.37. The van der Waals surface area contributed by atoms with E-state index in [0.717, 1.165) is 11.1 Å². The van der Waals surface area contributed by atoms with Crippen LogP contribution in [0.1, 0.15) is 21.5 Å². The number of rotatable bonds is 7. The fourth-order valence-corrected chi connectivity index (χ4v) is 4.20. The summed E-state index contributed by atoms with van der Waals surface area (Å²) < 4.78 is 27.2. The summed E-state index contributed by atoms with van der Waals surface area (Å²) in [5, 5.41) is 2.72. The van der Waals surface area contributed by atoms with Crippen molar-refractivity contribution in [1.29, 1.82) is 0 Å². The third kappa shape index (κ3) is 5.29. The van der Waals surface area contributed by atoms with Crippen molar-refractivity contribution in [2.45, 2.75) is 18.2 Å². The van der Waals surface area contributed by atoms with E-state index in [4.69, 9.17) is 5.73 Å². The average Bonchev–Trinajstić information content (AvgIpc) is 2.75. The molecule has 8 heteroatoms. The van der Waals surface area contributed by atoms with Crippen LogP contribution in [0.25, 0.3) is 0 Å². The number of carbonyl (C=O) groups is 2. The molecule has 0 radical (unpaired) electrons. The third-order valence-electron chi connectivity index (χ3n) is 4.74. The van der Waals surface area contributed by atoms with Gasteiger partial charge in [0.2, 0.25) is 5.91 Å². The number of anilines is 2. The fraction of sp³-hybridized carbons (Fsp3) is 0.130. The first-order valence-electron chi connectivity index (χ1n) is 9.51. The van der Waals surface area contributed by atoms with E-state index < -0.39 is 21.8 Å². The molecule has 7 nitrogen and oxygen atoms in total. The molecular formula is C23H23N3O4S. The molecule has 0 spiro atoms. The van der Waals surface area contributed by atoms with Gasteiger partial charge in [-0.1, -0.05) is 35.9 Å². The highest BCUT2D eigenvalue weighted by molar-refractivity contribution is 7.92. The molecule has 2 amide bonds. The molecule has 31 heavy (non-hydrogen) atoms. The Labute approximate surface area is 181 Å². The third-order valence-corrected chi connectivity index (χ3v) is 6.52. The molecule has 0 aliphatic carbocycles. The van der Waals surface area contributed by atoms with Crippen LogP contribution >= 0.6 is 0 Å². The number of hydrogen-bond acceptors (Lipinski definition) is 4. The van der Waals surface area contributed by atoms with E-state index >= 15 is 0 Å². The summed E-state index contributed by atoms with van der Waals surface area (Å²) >= 11 is 0. The Bertz CT molecular complexity index is 1200. The van der Waals surface area contributed by atoms with Crippen LogP contribution in [0.4, 0.5) is 11.4 Å². The van der Waals surface area contributed by atoms with Crippen molar-refractivity contribution < 1.29 is 18.0 Å². The second-order valence-corrected chi connectivity index (χ2v) is 9.10. The fourth-order valence-electron chi connectivity index (χ4n) is 2.96. The van der Waals surface area contributed by atoms with Crippen LogP contribution in [-0.2, 0) is 21.2 Å². The highest BCUT2D eigenvalue weighted by atomic mass is 32.2. The van der Waals surface area contributed by atoms with Crippen molar-refractivity contribution in [1.82, 2.24) is 0 Å². The molecule has 0 saturated heterocycles. The molecule has 3 rings (SSSR count). The summed E-state index contributed by atoms with van der Waals surface area (Å²) in [6.07, 6.45) is 0.114. The van der Waals surface area contributed by atoms with Crippen LogP contribution in [0.3, 0.4) is 0 Å². The molecule has 0 aliphatic heterocycles. The summed E-state index contributed by atoms with van der Waals surface area (Å²) in [6.45, 7) is 1.92. The van der Waals surface area contributed by atoms with Crippen LogP contribution in [0.2, 0.25) is 0 Å². The molecule has 3 N–H and O–H groups in total. The van der Waals surface area contributed by atoms with Gasteiger partial charge in [0.15, 0.2) is 0 Å². The van der Waals surface area contributed by atoms with E-state index in [1.54, 1.807) is 42.5 Å². The molecule has 0 unspecified atom stereocenters. The van der Waals surface area contributed by atoms with Crippen LogP contribution in [0.15, 0.2) is 77.7 Å². The number of nitrogens with one attached hydrogen (secondary N) is 1. The maximum Gasteiger partial charge on any atom is 0.264 e. The van der Waals surface area contributed by atoms with Gasteiger partial charge in [0.25, 0.3) is 15.9 Å². The lowest BCUT2D eigenvalue weighted by Crippen LogP contribution is -2.26. The smallest absolute Gasteiger partial charge is 0.264 e. The number of hydrogen-bond donors (Lipinski definition) is 2. The number of benzene rings is 3. The summed E-state index contributed by atoms with van der Waals surface area (Å²) in [6, 6.07) is 19.7. The summed E-state index contributed by atoms with van der Waals surface area (Å²) in [5.41, 5.74) is 8.18. The zero-order valence-electron chi connectivity index (χ0n) is 17.2. The first-order valence-corrected chi connectivity index (χ1v) is 10.9. The molecular weight excluding hydrogens is 414 g/mol. The Morgan fingerprint density at radius 2 is 1.61 bits per heavy atom. The van der Waals surface area contributed by atoms with Crippen molar-refractivity contribution in [3.63, 3.8) is 0 Å². The standard InChI is InChI=1S/C23H23N3O4S/c1-16-6-12-20(13-7-16)26(2)31(29,30)21-5-3-4-18(15-21)23(28)25-19-10-8-17(9-11-19)14-22(24)27/h3-13,15H,14H2,1-2H3,(H2,24,27)(H,25,28). The molecule has 0 atom stereocenters. The maximum absolute atomic E-state index is 13.0. The van der Waals surface area contributed by atoms with Gasteiger partial charge in [0.1, 0.15) is 0 Å². The van der Waals surface area contributed by atoms with Gasteiger partial charge in [-0.3, -0.25) is 13.9 Å². The lowest BCUT2D eigenvalue weighted by molar-refractivity contribution is -0.117. The lowest BCUT2D eigenvalue weighted by Gasteiger charge is -2.20. The first-order chi connectivity index (χ1) is 14.7. The number of amides is 2. The molecule has 3 aromatic carbocycles. The van der Waals surface area contributed by atoms with Gasteiger partial charge in [-0.15, -0.1) is 0 Å². The Balaban J connectivity index is 1.79. The highest BCUT2D eigenvalue weighted by Crippen LogP contribution is 2.23. The Hall–Kier alpha value is -3.65. The van der Waals surface area contributed by atoms with Crippen molar-refractivity contribution in [3.05, 3.63) is 89.5 Å². The predicted molar refractivity (Wildman–Crippen MR) is 121 cm³/mol. The molecule has 160 valence electrons. The van der Waals surface area contributed by atoms with Gasteiger partial charge in [-0.25, -0.2) is 8.42 Å². The maximum atomic E-state index is 13.0. The van der Waals surface area contributed by atoms with Gasteiger partial charge < -0.3 is 11.1 Å². The van der Waals surface area contributed by atoms with Gasteiger partial charge in [0, 0.05) is 18.3 Å². The molecule has 0 fully saturated rings. The van der Waals surface area contributed by atoms with E-state index in [2.05, 4.69) is 5.32 Å². The van der Waals surface area contributed by atoms with Crippen LogP contribution in [0.5, 0.6) is 0 Å². The number of nitrogens with zero attached hydrogens (tertiary/aromatic N) is 1. The van der Waals surface area contributed by atoms with Crippen molar-refractivity contribution >= 4 is 33.2 Å². The molecule has 3 aromatic rings. The SMILES string of the molecule is Cc1ccc(N(C)S(=O)(=O)c2cccc(C(=O)Nc3ccc(CC(N)=O)cc3)c2)cc1. The molecule has 0 saturated carbocycles. The first kappa shape index (κ1) is 22.0. The zero-order valence-corrected chi connectivity index (χ0v) is 18.0. The minimum absolute atomic E-state index is 0.0139.